The molecule has 3 aromatic rings. The van der Waals surface area contributed by atoms with E-state index in [2.05, 4.69) is 31.9 Å². The standard InChI is InChI=1S/C27H29ClFN5O/c1-30-25-9-6-19(21-5-3-10-32-26(21)22-18-20(28)7-8-24(22)29)17-23(25)27(31-2)33-11-4-12-34-13-15-35-16-14-34/h3,5-10,17-18H,1,4,11-16H2,2H3,(H,31,33). The van der Waals surface area contributed by atoms with Crippen LogP contribution in [0, 0.1) is 5.82 Å². The van der Waals surface area contributed by atoms with Gasteiger partial charge in [0.05, 0.1) is 24.6 Å². The largest absolute Gasteiger partial charge is 0.379 e. The van der Waals surface area contributed by atoms with Crippen molar-refractivity contribution in [2.24, 2.45) is 9.98 Å². The molecule has 0 spiro atoms. The highest BCUT2D eigenvalue weighted by Gasteiger charge is 2.16. The van der Waals surface area contributed by atoms with Crippen molar-refractivity contribution in [1.29, 1.82) is 0 Å². The molecule has 0 unspecified atom stereocenters. The van der Waals surface area contributed by atoms with E-state index >= 15 is 0 Å². The number of halogens is 2. The second-order valence-corrected chi connectivity index (χ2v) is 8.66. The Morgan fingerprint density at radius 3 is 2.77 bits per heavy atom. The van der Waals surface area contributed by atoms with Gasteiger partial charge >= 0.3 is 0 Å². The second-order valence-electron chi connectivity index (χ2n) is 8.22. The number of amidine groups is 1. The average molecular weight is 494 g/mol. The van der Waals surface area contributed by atoms with Gasteiger partial charge in [-0.3, -0.25) is 19.9 Å². The quantitative estimate of drug-likeness (QED) is 0.265. The maximum absolute atomic E-state index is 14.7. The molecule has 6 nitrogen and oxygen atoms in total. The van der Waals surface area contributed by atoms with Crippen molar-refractivity contribution in [1.82, 2.24) is 15.2 Å². The Morgan fingerprint density at radius 1 is 1.17 bits per heavy atom. The van der Waals surface area contributed by atoms with Crippen LogP contribution in [-0.2, 0) is 4.74 Å². The zero-order valence-corrected chi connectivity index (χ0v) is 20.6. The second kappa shape index (κ2) is 12.0. The molecule has 0 aliphatic carbocycles. The SMILES string of the molecule is C=Nc1ccc(-c2cccnc2-c2cc(Cl)ccc2F)cc1/C(=N\C)NCCCN1CCOCC1. The molecule has 0 atom stereocenters. The average Bonchev–Trinajstić information content (AvgIpc) is 2.90. The lowest BCUT2D eigenvalue weighted by atomic mass is 9.96. The van der Waals surface area contributed by atoms with E-state index in [1.54, 1.807) is 19.3 Å². The number of nitrogens with zero attached hydrogens (tertiary/aromatic N) is 4. The van der Waals surface area contributed by atoms with Gasteiger partial charge < -0.3 is 10.1 Å². The lowest BCUT2D eigenvalue weighted by Crippen LogP contribution is -2.38. The number of aliphatic imine (C=N–C) groups is 2. The molecule has 1 N–H and O–H groups in total. The Kier molecular flexibility index (Phi) is 8.58. The van der Waals surface area contributed by atoms with Gasteiger partial charge in [0.1, 0.15) is 11.7 Å². The summed E-state index contributed by atoms with van der Waals surface area (Å²) in [7, 11) is 1.75. The van der Waals surface area contributed by atoms with Gasteiger partial charge in [-0.2, -0.15) is 0 Å². The number of nitrogens with one attached hydrogen (secondary N) is 1. The molecule has 1 aliphatic rings. The minimum Gasteiger partial charge on any atom is -0.379 e. The molecule has 0 saturated carbocycles. The monoisotopic (exact) mass is 493 g/mol. The zero-order valence-electron chi connectivity index (χ0n) is 19.8. The first-order chi connectivity index (χ1) is 17.1. The Balaban J connectivity index is 1.59. The predicted molar refractivity (Wildman–Crippen MR) is 142 cm³/mol. The maximum atomic E-state index is 14.7. The molecular formula is C27H29ClFN5O. The van der Waals surface area contributed by atoms with Crippen LogP contribution in [0.15, 0.2) is 64.7 Å². The summed E-state index contributed by atoms with van der Waals surface area (Å²) < 4.78 is 20.1. The van der Waals surface area contributed by atoms with Gasteiger partial charge in [-0.05, 0) is 61.6 Å². The van der Waals surface area contributed by atoms with Crippen LogP contribution >= 0.6 is 11.6 Å². The highest BCUT2D eigenvalue weighted by atomic mass is 35.5. The summed E-state index contributed by atoms with van der Waals surface area (Å²) >= 11 is 6.15. The third-order valence-electron chi connectivity index (χ3n) is 6.00. The summed E-state index contributed by atoms with van der Waals surface area (Å²) in [4.78, 5) is 15.6. The molecular weight excluding hydrogens is 465 g/mol. The van der Waals surface area contributed by atoms with Crippen molar-refractivity contribution in [3.8, 4) is 22.4 Å². The molecule has 0 bridgehead atoms. The molecule has 2 heterocycles. The minimum absolute atomic E-state index is 0.353. The third kappa shape index (κ3) is 6.11. The third-order valence-corrected chi connectivity index (χ3v) is 6.23. The smallest absolute Gasteiger partial charge is 0.132 e. The summed E-state index contributed by atoms with van der Waals surface area (Å²) in [6, 6.07) is 14.0. The summed E-state index contributed by atoms with van der Waals surface area (Å²) in [5.74, 6) is 0.354. The number of aromatic nitrogens is 1. The lowest BCUT2D eigenvalue weighted by molar-refractivity contribution is 0.0376. The number of benzene rings is 2. The molecule has 8 heteroatoms. The van der Waals surface area contributed by atoms with Gasteiger partial charge in [0.15, 0.2) is 0 Å². The molecule has 0 amide bonds. The zero-order chi connectivity index (χ0) is 24.6. The Bertz CT molecular complexity index is 1210. The fraction of sp³-hybridized carbons (Fsp3) is 0.296. The van der Waals surface area contributed by atoms with Gasteiger partial charge in [0.2, 0.25) is 0 Å². The number of hydrogen-bond acceptors (Lipinski definition) is 5. The van der Waals surface area contributed by atoms with Gasteiger partial charge in [0.25, 0.3) is 0 Å². The first-order valence-corrected chi connectivity index (χ1v) is 12.0. The van der Waals surface area contributed by atoms with Crippen LogP contribution in [0.25, 0.3) is 22.4 Å². The van der Waals surface area contributed by atoms with Crippen molar-refractivity contribution in [2.45, 2.75) is 6.42 Å². The first kappa shape index (κ1) is 25.0. The van der Waals surface area contributed by atoms with Crippen molar-refractivity contribution in [3.63, 3.8) is 0 Å². The number of hydrogen-bond donors (Lipinski definition) is 1. The number of ether oxygens (including phenoxy) is 1. The topological polar surface area (TPSA) is 62.1 Å². The first-order valence-electron chi connectivity index (χ1n) is 11.6. The van der Waals surface area contributed by atoms with Crippen LogP contribution in [-0.4, -0.2) is 68.9 Å². The predicted octanol–water partition coefficient (Wildman–Crippen LogP) is 5.23. The fourth-order valence-corrected chi connectivity index (χ4v) is 4.36. The molecule has 1 fully saturated rings. The molecule has 1 aromatic heterocycles. The van der Waals surface area contributed by atoms with Crippen molar-refractivity contribution in [2.75, 3.05) is 46.4 Å². The molecule has 0 radical (unpaired) electrons. The fourth-order valence-electron chi connectivity index (χ4n) is 4.19. The minimum atomic E-state index is -0.378. The molecule has 4 rings (SSSR count). The van der Waals surface area contributed by atoms with E-state index in [4.69, 9.17) is 16.3 Å². The van der Waals surface area contributed by atoms with Crippen LogP contribution < -0.4 is 5.32 Å². The van der Waals surface area contributed by atoms with E-state index in [9.17, 15) is 4.39 Å². The van der Waals surface area contributed by atoms with E-state index in [1.807, 2.05) is 30.3 Å². The van der Waals surface area contributed by atoms with E-state index in [0.717, 1.165) is 74.0 Å². The van der Waals surface area contributed by atoms with Crippen molar-refractivity contribution >= 4 is 29.8 Å². The van der Waals surface area contributed by atoms with Gasteiger partial charge in [-0.1, -0.05) is 23.7 Å². The number of pyridine rings is 1. The Morgan fingerprint density at radius 2 is 2.00 bits per heavy atom. The van der Waals surface area contributed by atoms with E-state index in [-0.39, 0.29) is 5.82 Å². The molecule has 1 saturated heterocycles. The van der Waals surface area contributed by atoms with E-state index in [1.165, 1.54) is 12.1 Å². The summed E-state index contributed by atoms with van der Waals surface area (Å²) in [5.41, 5.74) is 4.07. The van der Waals surface area contributed by atoms with E-state index in [0.29, 0.717) is 16.3 Å². The number of morpholine rings is 1. The highest BCUT2D eigenvalue weighted by molar-refractivity contribution is 6.30. The summed E-state index contributed by atoms with van der Waals surface area (Å²) in [5, 5.41) is 3.90. The van der Waals surface area contributed by atoms with Gasteiger partial charge in [-0.15, -0.1) is 0 Å². The normalized spacial score (nSPS) is 14.7. The van der Waals surface area contributed by atoms with Crippen molar-refractivity contribution < 1.29 is 9.13 Å². The van der Waals surface area contributed by atoms with Gasteiger partial charge in [-0.25, -0.2) is 4.39 Å². The highest BCUT2D eigenvalue weighted by Crippen LogP contribution is 2.35. The number of rotatable bonds is 8. The van der Waals surface area contributed by atoms with Crippen LogP contribution in [0.2, 0.25) is 5.02 Å². The Hall–Kier alpha value is -3.13. The van der Waals surface area contributed by atoms with Crippen molar-refractivity contribution in [3.05, 3.63) is 71.1 Å². The van der Waals surface area contributed by atoms with Crippen LogP contribution in [0.5, 0.6) is 0 Å². The molecule has 35 heavy (non-hydrogen) atoms. The van der Waals surface area contributed by atoms with E-state index < -0.39 is 0 Å². The summed E-state index contributed by atoms with van der Waals surface area (Å²) in [6.45, 7) is 9.05. The Labute approximate surface area is 210 Å². The molecule has 1 aliphatic heterocycles. The van der Waals surface area contributed by atoms with Gasteiger partial charge in [0, 0.05) is 54.6 Å². The van der Waals surface area contributed by atoms with Crippen LogP contribution in [0.4, 0.5) is 10.1 Å². The maximum Gasteiger partial charge on any atom is 0.132 e. The van der Waals surface area contributed by atoms with Crippen LogP contribution in [0.3, 0.4) is 0 Å². The molecule has 182 valence electrons. The summed E-state index contributed by atoms with van der Waals surface area (Å²) in [6.07, 6.45) is 2.63. The molecule has 2 aromatic carbocycles. The lowest BCUT2D eigenvalue weighted by Gasteiger charge is -2.26. The van der Waals surface area contributed by atoms with Crippen LogP contribution in [0.1, 0.15) is 12.0 Å².